The minimum absolute atomic E-state index is 0. The molecular formula is C44H64O8Rh2. The molecule has 0 atom stereocenters. The molecule has 0 aliphatic heterocycles. The maximum Gasteiger partial charge on any atom is 0.309 e. The molecule has 2 radical (unpaired) electrons. The second-order valence-corrected chi connectivity index (χ2v) is 22.0. The molecule has 16 fully saturated rings. The molecule has 0 aromatic carbocycles. The zero-order chi connectivity index (χ0) is 36.2. The fourth-order valence-corrected chi connectivity index (χ4v) is 17.5. The normalized spacial score (nSPS) is 50.5. The number of rotatable bonds is 4. The largest absolute Gasteiger partial charge is 0.481 e. The summed E-state index contributed by atoms with van der Waals surface area (Å²) in [5, 5.41) is 37.1. The molecule has 10 heteroatoms. The van der Waals surface area contributed by atoms with E-state index in [0.29, 0.717) is 0 Å². The van der Waals surface area contributed by atoms with E-state index in [4.69, 9.17) is 0 Å². The first kappa shape index (κ1) is 41.3. The number of carboxylic acids is 4. The first-order chi connectivity index (χ1) is 24.7. The van der Waals surface area contributed by atoms with Crippen LogP contribution in [0.3, 0.4) is 0 Å². The Morgan fingerprint density at radius 1 is 0.259 bits per heavy atom. The predicted octanol–water partition coefficient (Wildman–Crippen LogP) is 9.14. The van der Waals surface area contributed by atoms with Crippen LogP contribution in [-0.2, 0) is 58.1 Å². The monoisotopic (exact) mass is 926 g/mol. The molecule has 4 N–H and O–H groups in total. The molecule has 306 valence electrons. The van der Waals surface area contributed by atoms with Crippen LogP contribution in [0.25, 0.3) is 0 Å². The molecule has 0 unspecified atom stereocenters. The van der Waals surface area contributed by atoms with Crippen molar-refractivity contribution in [3.8, 4) is 0 Å². The van der Waals surface area contributed by atoms with Gasteiger partial charge in [-0.05, 0) is 225 Å². The summed E-state index contributed by atoms with van der Waals surface area (Å²) < 4.78 is 0. The van der Waals surface area contributed by atoms with Gasteiger partial charge in [0, 0.05) is 39.0 Å². The summed E-state index contributed by atoms with van der Waals surface area (Å²) in [6.07, 6.45) is 27.7. The van der Waals surface area contributed by atoms with Crippen molar-refractivity contribution in [3.63, 3.8) is 0 Å². The van der Waals surface area contributed by atoms with Gasteiger partial charge in [-0.2, -0.15) is 0 Å². The minimum Gasteiger partial charge on any atom is -0.481 e. The zero-order valence-corrected chi connectivity index (χ0v) is 35.3. The van der Waals surface area contributed by atoms with Crippen molar-refractivity contribution in [2.24, 2.45) is 92.7 Å². The van der Waals surface area contributed by atoms with E-state index < -0.39 is 23.9 Å². The molecular weight excluding hydrogens is 862 g/mol. The Morgan fingerprint density at radius 3 is 0.426 bits per heavy atom. The maximum atomic E-state index is 11.3. The van der Waals surface area contributed by atoms with Gasteiger partial charge in [-0.3, -0.25) is 19.2 Å². The van der Waals surface area contributed by atoms with E-state index in [0.717, 1.165) is 148 Å². The Labute approximate surface area is 347 Å². The van der Waals surface area contributed by atoms with Crippen molar-refractivity contribution in [2.75, 3.05) is 0 Å². The molecule has 16 rings (SSSR count). The fraction of sp³-hybridized carbons (Fsp3) is 0.909. The molecule has 0 aromatic heterocycles. The third-order valence-corrected chi connectivity index (χ3v) is 18.0. The van der Waals surface area contributed by atoms with E-state index in [1.165, 1.54) is 77.0 Å². The van der Waals surface area contributed by atoms with E-state index in [2.05, 4.69) is 0 Å². The standard InChI is InChI=1S/4C11H16O2.2Rh/c4*12-10(13)11-4-7-1-8(5-11)3-9(2-7)6-11;;/h4*7-9H,1-6H2,(H,12,13);;. The Morgan fingerprint density at radius 2 is 0.352 bits per heavy atom. The van der Waals surface area contributed by atoms with Crippen LogP contribution in [0.1, 0.15) is 154 Å². The molecule has 0 amide bonds. The van der Waals surface area contributed by atoms with Gasteiger partial charge >= 0.3 is 23.9 Å². The van der Waals surface area contributed by atoms with E-state index in [1.807, 2.05) is 0 Å². The number of aliphatic carboxylic acids is 4. The third-order valence-electron chi connectivity index (χ3n) is 18.0. The molecule has 16 bridgehead atoms. The smallest absolute Gasteiger partial charge is 0.309 e. The van der Waals surface area contributed by atoms with Gasteiger partial charge in [0.25, 0.3) is 0 Å². The van der Waals surface area contributed by atoms with Crippen LogP contribution >= 0.6 is 0 Å². The SMILES string of the molecule is O=C(O)C12CC3CC(CC(C3)C1)C2.O=C(O)C12CC3CC(CC(C3)C1)C2.O=C(O)C12CC3CC(CC(C3)C1)C2.O=C(O)C12CC3CC(CC(C3)C1)C2.[Rh].[Rh]. The van der Waals surface area contributed by atoms with Crippen LogP contribution in [0.15, 0.2) is 0 Å². The van der Waals surface area contributed by atoms with Crippen LogP contribution in [-0.4, -0.2) is 44.3 Å². The van der Waals surface area contributed by atoms with Gasteiger partial charge in [-0.25, -0.2) is 0 Å². The first-order valence-electron chi connectivity index (χ1n) is 21.7. The third kappa shape index (κ3) is 7.47. The van der Waals surface area contributed by atoms with Gasteiger partial charge in [0.05, 0.1) is 21.7 Å². The molecule has 54 heavy (non-hydrogen) atoms. The van der Waals surface area contributed by atoms with Crippen LogP contribution in [0.4, 0.5) is 0 Å². The number of hydrogen-bond donors (Lipinski definition) is 4. The van der Waals surface area contributed by atoms with E-state index in [-0.39, 0.29) is 60.6 Å². The summed E-state index contributed by atoms with van der Waals surface area (Å²) in [6, 6.07) is 0. The summed E-state index contributed by atoms with van der Waals surface area (Å²) in [5.41, 5.74) is -1.13. The van der Waals surface area contributed by atoms with Gasteiger partial charge in [0.1, 0.15) is 0 Å². The summed E-state index contributed by atoms with van der Waals surface area (Å²) >= 11 is 0. The van der Waals surface area contributed by atoms with E-state index in [1.54, 1.807) is 0 Å². The van der Waals surface area contributed by atoms with Crippen molar-refractivity contribution in [1.82, 2.24) is 0 Å². The van der Waals surface area contributed by atoms with E-state index >= 15 is 0 Å². The molecule has 16 aliphatic rings. The molecule has 8 nitrogen and oxygen atoms in total. The summed E-state index contributed by atoms with van der Waals surface area (Å²) in [4.78, 5) is 45.0. The number of hydrogen-bond acceptors (Lipinski definition) is 4. The van der Waals surface area contributed by atoms with Crippen molar-refractivity contribution in [3.05, 3.63) is 0 Å². The van der Waals surface area contributed by atoms with Crippen molar-refractivity contribution in [1.29, 1.82) is 0 Å². The van der Waals surface area contributed by atoms with Crippen molar-refractivity contribution >= 4 is 23.9 Å². The maximum absolute atomic E-state index is 11.3. The molecule has 0 heterocycles. The Kier molecular flexibility index (Phi) is 11.5. The van der Waals surface area contributed by atoms with Gasteiger partial charge < -0.3 is 20.4 Å². The van der Waals surface area contributed by atoms with Crippen LogP contribution in [0.5, 0.6) is 0 Å². The van der Waals surface area contributed by atoms with Crippen molar-refractivity contribution in [2.45, 2.75) is 154 Å². The Bertz CT molecular complexity index is 1110. The topological polar surface area (TPSA) is 149 Å². The summed E-state index contributed by atoms with van der Waals surface area (Å²) in [6.45, 7) is 0. The Balaban J connectivity index is 0.000000110. The van der Waals surface area contributed by atoms with Gasteiger partial charge in [-0.15, -0.1) is 0 Å². The van der Waals surface area contributed by atoms with E-state index in [9.17, 15) is 39.6 Å². The summed E-state index contributed by atoms with van der Waals surface area (Å²) in [7, 11) is 0. The number of carbonyl (C=O) groups is 4. The fourth-order valence-electron chi connectivity index (χ4n) is 17.5. The van der Waals surface area contributed by atoms with Gasteiger partial charge in [-0.1, -0.05) is 0 Å². The average molecular weight is 927 g/mol. The minimum atomic E-state index is -0.508. The predicted molar refractivity (Wildman–Crippen MR) is 193 cm³/mol. The molecule has 16 aliphatic carbocycles. The molecule has 0 aromatic rings. The first-order valence-corrected chi connectivity index (χ1v) is 21.7. The van der Waals surface area contributed by atoms with Gasteiger partial charge in [0.15, 0.2) is 0 Å². The Hall–Kier alpha value is -0.873. The zero-order valence-electron chi connectivity index (χ0n) is 32.0. The van der Waals surface area contributed by atoms with Crippen LogP contribution in [0.2, 0.25) is 0 Å². The molecule has 0 spiro atoms. The second-order valence-electron chi connectivity index (χ2n) is 22.0. The molecule has 0 saturated heterocycles. The van der Waals surface area contributed by atoms with Crippen LogP contribution < -0.4 is 0 Å². The van der Waals surface area contributed by atoms with Gasteiger partial charge in [0.2, 0.25) is 0 Å². The average Bonchev–Trinajstić information content (AvgIpc) is 3.03. The van der Waals surface area contributed by atoms with Crippen molar-refractivity contribution < 1.29 is 78.6 Å². The second kappa shape index (κ2) is 15.1. The van der Waals surface area contributed by atoms with Crippen LogP contribution in [0, 0.1) is 92.7 Å². The number of carboxylic acid groups (broad SMARTS) is 4. The molecule has 16 saturated carbocycles. The summed E-state index contributed by atoms with van der Waals surface area (Å²) in [5.74, 6) is 7.00. The quantitative estimate of drug-likeness (QED) is 0.204.